The second-order valence-corrected chi connectivity index (χ2v) is 9.37. The van der Waals surface area contributed by atoms with Gasteiger partial charge in [0.1, 0.15) is 0 Å². The Labute approximate surface area is 199 Å². The number of hydrogen-bond acceptors (Lipinski definition) is 5. The zero-order valence-corrected chi connectivity index (χ0v) is 19.7. The fourth-order valence-electron chi connectivity index (χ4n) is 4.99. The maximum atomic E-state index is 13.9. The Morgan fingerprint density at radius 1 is 1.03 bits per heavy atom. The number of benzene rings is 1. The van der Waals surface area contributed by atoms with Gasteiger partial charge in [-0.3, -0.25) is 14.5 Å². The van der Waals surface area contributed by atoms with Gasteiger partial charge < -0.3 is 14.7 Å². The topological polar surface area (TPSA) is 105 Å². The fourth-order valence-corrected chi connectivity index (χ4v) is 4.99. The van der Waals surface area contributed by atoms with E-state index in [1.165, 1.54) is 6.20 Å². The van der Waals surface area contributed by atoms with E-state index in [0.717, 1.165) is 31.4 Å². The molecule has 0 bridgehead atoms. The number of carboxylic acid groups (broad SMARTS) is 1. The predicted molar refractivity (Wildman–Crippen MR) is 126 cm³/mol. The van der Waals surface area contributed by atoms with Crippen LogP contribution < -0.4 is 9.64 Å². The van der Waals surface area contributed by atoms with Crippen LogP contribution in [0.4, 0.5) is 10.6 Å². The zero-order chi connectivity index (χ0) is 24.2. The highest BCUT2D eigenvalue weighted by atomic mass is 16.7. The minimum atomic E-state index is -1.46. The fraction of sp³-hybridized carbons (Fsp3) is 0.520. The Morgan fingerprint density at radius 2 is 1.68 bits per heavy atom. The van der Waals surface area contributed by atoms with Crippen LogP contribution in [0, 0.1) is 11.8 Å². The van der Waals surface area contributed by atoms with E-state index in [1.54, 1.807) is 21.4 Å². The number of para-hydroxylation sites is 1. The minimum absolute atomic E-state index is 0.0147. The lowest BCUT2D eigenvalue weighted by atomic mass is 9.82. The van der Waals surface area contributed by atoms with Crippen molar-refractivity contribution in [2.24, 2.45) is 11.8 Å². The lowest BCUT2D eigenvalue weighted by molar-refractivity contribution is -0.130. The van der Waals surface area contributed by atoms with Gasteiger partial charge in [-0.2, -0.15) is 0 Å². The van der Waals surface area contributed by atoms with E-state index < -0.39 is 6.16 Å². The molecule has 1 saturated heterocycles. The van der Waals surface area contributed by atoms with E-state index >= 15 is 0 Å². The molecule has 9 nitrogen and oxygen atoms in total. The quantitative estimate of drug-likeness (QED) is 0.663. The van der Waals surface area contributed by atoms with Gasteiger partial charge in [-0.1, -0.05) is 25.1 Å². The number of aromatic nitrogens is 2. The molecule has 4 rings (SSSR count). The maximum absolute atomic E-state index is 13.9. The first-order valence-electron chi connectivity index (χ1n) is 12.0. The van der Waals surface area contributed by atoms with Crippen LogP contribution in [0.2, 0.25) is 0 Å². The summed E-state index contributed by atoms with van der Waals surface area (Å²) in [5, 5.41) is 14.0. The van der Waals surface area contributed by atoms with Crippen molar-refractivity contribution in [3.63, 3.8) is 0 Å². The summed E-state index contributed by atoms with van der Waals surface area (Å²) in [6.07, 6.45) is 4.83. The Morgan fingerprint density at radius 3 is 2.26 bits per heavy atom. The van der Waals surface area contributed by atoms with Crippen LogP contribution in [0.25, 0.3) is 5.69 Å². The van der Waals surface area contributed by atoms with Gasteiger partial charge in [0, 0.05) is 32.0 Å². The van der Waals surface area contributed by atoms with E-state index in [0.29, 0.717) is 31.8 Å². The van der Waals surface area contributed by atoms with Crippen molar-refractivity contribution in [1.29, 1.82) is 0 Å². The van der Waals surface area contributed by atoms with E-state index in [-0.39, 0.29) is 35.3 Å². The van der Waals surface area contributed by atoms with Crippen LogP contribution in [0.5, 0.6) is 5.75 Å². The van der Waals surface area contributed by atoms with E-state index in [4.69, 9.17) is 4.74 Å². The SMILES string of the molecule is CC(=O)N1CCC(N(c2nn(-c3ccccc3)cc2OC(=O)O)C(=O)[C@H]2CC[C@H](C)CC2)CC1. The summed E-state index contributed by atoms with van der Waals surface area (Å²) < 4.78 is 6.65. The van der Waals surface area contributed by atoms with Gasteiger partial charge in [-0.15, -0.1) is 5.10 Å². The molecule has 0 unspecified atom stereocenters. The Kier molecular flexibility index (Phi) is 7.19. The summed E-state index contributed by atoms with van der Waals surface area (Å²) in [7, 11) is 0. The first kappa shape index (κ1) is 23.8. The molecule has 9 heteroatoms. The average Bonchev–Trinajstić information content (AvgIpc) is 3.23. The van der Waals surface area contributed by atoms with E-state index in [9.17, 15) is 19.5 Å². The van der Waals surface area contributed by atoms with Crippen LogP contribution in [-0.4, -0.2) is 56.9 Å². The Hall–Kier alpha value is -3.36. The second kappa shape index (κ2) is 10.3. The number of ether oxygens (including phenoxy) is 1. The number of carbonyl (C=O) groups excluding carboxylic acids is 2. The van der Waals surface area contributed by atoms with Gasteiger partial charge in [0.2, 0.25) is 17.6 Å². The molecule has 2 heterocycles. The van der Waals surface area contributed by atoms with Crippen molar-refractivity contribution < 1.29 is 24.2 Å². The van der Waals surface area contributed by atoms with Crippen molar-refractivity contribution in [2.45, 2.75) is 58.4 Å². The van der Waals surface area contributed by atoms with E-state index in [1.807, 2.05) is 30.3 Å². The molecule has 1 aromatic heterocycles. The molecule has 182 valence electrons. The third-order valence-electron chi connectivity index (χ3n) is 6.99. The van der Waals surface area contributed by atoms with Crippen LogP contribution in [-0.2, 0) is 9.59 Å². The molecule has 34 heavy (non-hydrogen) atoms. The molecule has 0 spiro atoms. The summed E-state index contributed by atoms with van der Waals surface area (Å²) >= 11 is 0. The van der Waals surface area contributed by atoms with Crippen LogP contribution in [0.1, 0.15) is 52.4 Å². The molecule has 1 aliphatic carbocycles. The molecular weight excluding hydrogens is 436 g/mol. The first-order chi connectivity index (χ1) is 16.3. The third kappa shape index (κ3) is 5.24. The summed E-state index contributed by atoms with van der Waals surface area (Å²) in [5.74, 6) is 0.683. The third-order valence-corrected chi connectivity index (χ3v) is 6.99. The van der Waals surface area contributed by atoms with Gasteiger partial charge >= 0.3 is 6.16 Å². The Bertz CT molecular complexity index is 1020. The lowest BCUT2D eigenvalue weighted by Crippen LogP contribution is -2.51. The van der Waals surface area contributed by atoms with Crippen LogP contribution >= 0.6 is 0 Å². The van der Waals surface area contributed by atoms with Gasteiger partial charge in [-0.05, 0) is 56.6 Å². The molecule has 2 aromatic rings. The number of nitrogens with zero attached hydrogens (tertiary/aromatic N) is 4. The highest BCUT2D eigenvalue weighted by Gasteiger charge is 2.38. The summed E-state index contributed by atoms with van der Waals surface area (Å²) in [5.41, 5.74) is 0.731. The molecule has 1 aliphatic heterocycles. The summed E-state index contributed by atoms with van der Waals surface area (Å²) in [6, 6.07) is 9.10. The highest BCUT2D eigenvalue weighted by molar-refractivity contribution is 5.96. The number of carbonyl (C=O) groups is 3. The molecule has 0 atom stereocenters. The van der Waals surface area contributed by atoms with Crippen molar-refractivity contribution in [2.75, 3.05) is 18.0 Å². The molecule has 1 N–H and O–H groups in total. The number of piperidine rings is 1. The molecule has 0 radical (unpaired) electrons. The van der Waals surface area contributed by atoms with Crippen molar-refractivity contribution >= 4 is 23.8 Å². The molecule has 2 aliphatic rings. The number of amides is 2. The van der Waals surface area contributed by atoms with Crippen LogP contribution in [0.3, 0.4) is 0 Å². The highest BCUT2D eigenvalue weighted by Crippen LogP contribution is 2.37. The molecule has 1 saturated carbocycles. The van der Waals surface area contributed by atoms with Gasteiger partial charge in [0.15, 0.2) is 5.75 Å². The average molecular weight is 469 g/mol. The smallest absolute Gasteiger partial charge is 0.449 e. The lowest BCUT2D eigenvalue weighted by Gasteiger charge is -2.39. The maximum Gasteiger partial charge on any atom is 0.511 e. The van der Waals surface area contributed by atoms with Crippen molar-refractivity contribution in [3.8, 4) is 11.4 Å². The summed E-state index contributed by atoms with van der Waals surface area (Å²) in [6.45, 7) is 4.84. The molecule has 1 aromatic carbocycles. The summed E-state index contributed by atoms with van der Waals surface area (Å²) in [4.78, 5) is 40.7. The van der Waals surface area contributed by atoms with Gasteiger partial charge in [0.25, 0.3) is 0 Å². The molecular formula is C25H32N4O5. The number of rotatable bonds is 5. The first-order valence-corrected chi connectivity index (χ1v) is 12.0. The number of likely N-dealkylation sites (tertiary alicyclic amines) is 1. The number of anilines is 1. The zero-order valence-electron chi connectivity index (χ0n) is 19.7. The van der Waals surface area contributed by atoms with E-state index in [2.05, 4.69) is 12.0 Å². The molecule has 2 amide bonds. The van der Waals surface area contributed by atoms with Crippen molar-refractivity contribution in [3.05, 3.63) is 36.5 Å². The minimum Gasteiger partial charge on any atom is -0.449 e. The van der Waals surface area contributed by atoms with Crippen LogP contribution in [0.15, 0.2) is 36.5 Å². The largest absolute Gasteiger partial charge is 0.511 e. The molecule has 2 fully saturated rings. The standard InChI is InChI=1S/C25H32N4O5/c1-17-8-10-19(11-9-17)24(31)29(21-12-14-27(15-13-21)18(2)30)23-22(34-25(32)33)16-28(26-23)20-6-4-3-5-7-20/h3-7,16-17,19,21H,8-15H2,1-2H3,(H,32,33)/t17-,19-. The Balaban J connectivity index is 1.71. The normalized spacial score (nSPS) is 21.2. The van der Waals surface area contributed by atoms with Crippen molar-refractivity contribution in [1.82, 2.24) is 14.7 Å². The van der Waals surface area contributed by atoms with Gasteiger partial charge in [0.05, 0.1) is 11.9 Å². The number of hydrogen-bond donors (Lipinski definition) is 1. The monoisotopic (exact) mass is 468 g/mol. The van der Waals surface area contributed by atoms with Gasteiger partial charge in [-0.25, -0.2) is 9.48 Å². The predicted octanol–water partition coefficient (Wildman–Crippen LogP) is 4.10. The second-order valence-electron chi connectivity index (χ2n) is 9.37.